The SMILES string of the molecule is c1ccc(-c2ccc(-c3nc(-n4c5ccccc5c5cc6oc7ccccc7c6cc54)nc4ccccc34)cc2)cc1.c1ccc(-c2ccc(-c3nc(-n4c5ccccc5c5cc6sc7ccccc7c6cc54)nc4ccccc34)cc2)cc1.c1ccc(-c2nc(-c3ccc(-n4c5ccccc5c5cc6sc7ccccc7c6cc54)cc3)nc3ccccc23)cc1. The summed E-state index contributed by atoms with van der Waals surface area (Å²) < 4.78 is 18.3. The molecule has 0 bridgehead atoms. The summed E-state index contributed by atoms with van der Waals surface area (Å²) in [4.78, 5) is 30.9. The van der Waals surface area contributed by atoms with Gasteiger partial charge in [-0.3, -0.25) is 9.13 Å². The van der Waals surface area contributed by atoms with Crippen molar-refractivity contribution < 1.29 is 4.42 Å². The third-order valence-electron chi connectivity index (χ3n) is 24.7. The number of benzene rings is 18. The Morgan fingerprint density at radius 2 is 0.516 bits per heavy atom. The van der Waals surface area contributed by atoms with Gasteiger partial charge in [0.15, 0.2) is 5.82 Å². The highest BCUT2D eigenvalue weighted by atomic mass is 32.1. The molecule has 0 atom stereocenters. The lowest BCUT2D eigenvalue weighted by Gasteiger charge is -2.12. The van der Waals surface area contributed by atoms with Crippen LogP contribution in [0.3, 0.4) is 0 Å². The molecule has 0 aliphatic rings. The number of fused-ring (bicyclic) bond motifs is 21. The highest BCUT2D eigenvalue weighted by molar-refractivity contribution is 7.26. The fraction of sp³-hybridized carbons (Fsp3) is 0. The molecule has 27 aromatic rings. The first-order valence-corrected chi connectivity index (χ1v) is 43.9. The predicted molar refractivity (Wildman–Crippen MR) is 527 cm³/mol. The van der Waals surface area contributed by atoms with E-state index in [1.165, 1.54) is 95.2 Å². The lowest BCUT2D eigenvalue weighted by molar-refractivity contribution is 0.669. The Hall–Kier alpha value is -16.4. The topological polar surface area (TPSA) is 105 Å². The molecule has 0 fully saturated rings. The number of hydrogen-bond acceptors (Lipinski definition) is 9. The molecule has 0 saturated heterocycles. The van der Waals surface area contributed by atoms with Gasteiger partial charge >= 0.3 is 0 Å². The summed E-state index contributed by atoms with van der Waals surface area (Å²) in [7, 11) is 0. The van der Waals surface area contributed by atoms with Gasteiger partial charge in [0.1, 0.15) is 11.2 Å². The molecule has 0 saturated carbocycles. The maximum Gasteiger partial charge on any atom is 0.235 e. The predicted octanol–water partition coefficient (Wildman–Crippen LogP) is 30.8. The van der Waals surface area contributed by atoms with E-state index < -0.39 is 0 Å². The van der Waals surface area contributed by atoms with Crippen LogP contribution in [0.5, 0.6) is 0 Å². The van der Waals surface area contributed by atoms with Crippen LogP contribution in [-0.2, 0) is 0 Å². The van der Waals surface area contributed by atoms with Gasteiger partial charge in [-0.2, -0.15) is 0 Å². The molecule has 9 heterocycles. The second kappa shape index (κ2) is 29.8. The van der Waals surface area contributed by atoms with Crippen LogP contribution in [0, 0.1) is 0 Å². The first-order chi connectivity index (χ1) is 62.4. The second-order valence-electron chi connectivity index (χ2n) is 31.9. The molecule has 0 radical (unpaired) electrons. The van der Waals surface area contributed by atoms with Gasteiger partial charge in [0, 0.05) is 128 Å². The van der Waals surface area contributed by atoms with Crippen molar-refractivity contribution in [2.45, 2.75) is 0 Å². The van der Waals surface area contributed by atoms with Crippen LogP contribution in [0.2, 0.25) is 0 Å². The molecule has 12 heteroatoms. The number of furan rings is 1. The molecule has 18 aromatic carbocycles. The Morgan fingerprint density at radius 3 is 1.00 bits per heavy atom. The Bertz CT molecular complexity index is 8670. The van der Waals surface area contributed by atoms with E-state index >= 15 is 0 Å². The van der Waals surface area contributed by atoms with Crippen LogP contribution in [0.25, 0.3) is 245 Å². The minimum absolute atomic E-state index is 0.647. The highest BCUT2D eigenvalue weighted by Gasteiger charge is 2.24. The molecule has 126 heavy (non-hydrogen) atoms. The van der Waals surface area contributed by atoms with Crippen molar-refractivity contribution in [1.82, 2.24) is 43.6 Å². The molecule has 588 valence electrons. The fourth-order valence-electron chi connectivity index (χ4n) is 18.7. The zero-order valence-electron chi connectivity index (χ0n) is 67.6. The van der Waals surface area contributed by atoms with Crippen molar-refractivity contribution in [1.29, 1.82) is 0 Å². The minimum atomic E-state index is 0.647. The highest BCUT2D eigenvalue weighted by Crippen LogP contribution is 2.46. The van der Waals surface area contributed by atoms with Gasteiger partial charge < -0.3 is 8.98 Å². The number of thiophene rings is 2. The van der Waals surface area contributed by atoms with Crippen molar-refractivity contribution in [2.75, 3.05) is 0 Å². The van der Waals surface area contributed by atoms with E-state index in [1.807, 2.05) is 77.3 Å². The smallest absolute Gasteiger partial charge is 0.235 e. The van der Waals surface area contributed by atoms with Crippen LogP contribution in [0.15, 0.2) is 423 Å². The van der Waals surface area contributed by atoms with E-state index in [2.05, 4.69) is 378 Å². The van der Waals surface area contributed by atoms with Crippen LogP contribution < -0.4 is 0 Å². The molecule has 0 aliphatic carbocycles. The van der Waals surface area contributed by atoms with E-state index in [4.69, 9.17) is 34.3 Å². The van der Waals surface area contributed by atoms with Crippen LogP contribution >= 0.6 is 22.7 Å². The summed E-state index contributed by atoms with van der Waals surface area (Å²) in [6.07, 6.45) is 0. The summed E-state index contributed by atoms with van der Waals surface area (Å²) >= 11 is 3.72. The van der Waals surface area contributed by atoms with Crippen molar-refractivity contribution in [3.05, 3.63) is 419 Å². The largest absolute Gasteiger partial charge is 0.456 e. The standard InChI is InChI=1S/C38H23N3O.2C38H23N3S/c1-2-10-24(11-3-1)25-18-20-26(21-19-25)37-29-14-4-7-15-32(29)39-38(40-37)41-33-16-8-5-12-27(33)30-23-36-31(22-34(30)41)28-13-6-9-17-35(28)42-36;1-2-10-24(11-3-1)37-29-14-4-7-15-32(29)39-38(40-37)25-18-20-26(21-19-25)41-33-16-8-5-12-27(33)30-23-36-31(22-34(30)41)28-13-6-9-17-35(28)42-36;1-2-10-24(11-3-1)25-18-20-26(21-19-25)37-29-14-4-7-15-32(29)39-38(40-37)41-33-16-8-5-12-27(33)30-23-36-31(22-34(30)41)28-13-6-9-17-35(28)42-36/h3*1-23H. The molecular formula is C114H69N9OS2. The molecular weight excluding hydrogens is 1580 g/mol. The number of hydrogen-bond donors (Lipinski definition) is 0. The normalized spacial score (nSPS) is 11.8. The molecule has 0 amide bonds. The van der Waals surface area contributed by atoms with E-state index in [0.29, 0.717) is 11.9 Å². The first kappa shape index (κ1) is 72.4. The molecule has 9 aromatic heterocycles. The summed E-state index contributed by atoms with van der Waals surface area (Å²) in [5, 5.41) is 17.7. The van der Waals surface area contributed by atoms with Gasteiger partial charge in [-0.15, -0.1) is 22.7 Å². The number of para-hydroxylation sites is 7. The Morgan fingerprint density at radius 1 is 0.183 bits per heavy atom. The maximum absolute atomic E-state index is 6.26. The van der Waals surface area contributed by atoms with Crippen LogP contribution in [0.1, 0.15) is 0 Å². The van der Waals surface area contributed by atoms with Crippen molar-refractivity contribution in [2.24, 2.45) is 0 Å². The Labute approximate surface area is 729 Å². The average molecular weight is 1650 g/mol. The summed E-state index contributed by atoms with van der Waals surface area (Å²) in [5.74, 6) is 2.06. The number of aromatic nitrogens is 9. The van der Waals surface area contributed by atoms with Gasteiger partial charge in [0.05, 0.1) is 66.7 Å². The molecule has 0 unspecified atom stereocenters. The molecule has 27 rings (SSSR count). The van der Waals surface area contributed by atoms with Crippen molar-refractivity contribution in [3.8, 4) is 85.0 Å². The Balaban J connectivity index is 0.000000103. The summed E-state index contributed by atoms with van der Waals surface area (Å²) in [6, 6.07) is 147. The average Bonchev–Trinajstić information content (AvgIpc) is 1.57. The third-order valence-corrected chi connectivity index (χ3v) is 26.9. The molecule has 10 nitrogen and oxygen atoms in total. The van der Waals surface area contributed by atoms with Gasteiger partial charge in [-0.25, -0.2) is 29.9 Å². The van der Waals surface area contributed by atoms with E-state index in [1.54, 1.807) is 0 Å². The fourth-order valence-corrected chi connectivity index (χ4v) is 21.0. The van der Waals surface area contributed by atoms with Gasteiger partial charge in [-0.05, 0) is 138 Å². The van der Waals surface area contributed by atoms with Crippen molar-refractivity contribution >= 4 is 183 Å². The Kier molecular flexibility index (Phi) is 17.1. The zero-order valence-corrected chi connectivity index (χ0v) is 69.2. The second-order valence-corrected chi connectivity index (χ2v) is 34.1. The quantitative estimate of drug-likeness (QED) is 0.142. The molecule has 0 N–H and O–H groups in total. The molecule has 0 aliphatic heterocycles. The van der Waals surface area contributed by atoms with E-state index in [-0.39, 0.29) is 0 Å². The third kappa shape index (κ3) is 12.2. The summed E-state index contributed by atoms with van der Waals surface area (Å²) in [5.41, 5.74) is 24.2. The number of rotatable bonds is 9. The minimum Gasteiger partial charge on any atom is -0.456 e. The van der Waals surface area contributed by atoms with Gasteiger partial charge in [-0.1, -0.05) is 303 Å². The van der Waals surface area contributed by atoms with E-state index in [0.717, 1.165) is 138 Å². The van der Waals surface area contributed by atoms with E-state index in [9.17, 15) is 0 Å². The molecule has 0 spiro atoms. The van der Waals surface area contributed by atoms with Crippen LogP contribution in [0.4, 0.5) is 0 Å². The monoisotopic (exact) mass is 1640 g/mol. The lowest BCUT2D eigenvalue weighted by atomic mass is 10.0. The zero-order chi connectivity index (χ0) is 82.9. The van der Waals surface area contributed by atoms with Gasteiger partial charge in [0.2, 0.25) is 11.9 Å². The lowest BCUT2D eigenvalue weighted by Crippen LogP contribution is -2.03. The maximum atomic E-state index is 6.26. The summed E-state index contributed by atoms with van der Waals surface area (Å²) in [6.45, 7) is 0. The van der Waals surface area contributed by atoms with Gasteiger partial charge in [0.25, 0.3) is 0 Å². The van der Waals surface area contributed by atoms with Crippen molar-refractivity contribution in [3.63, 3.8) is 0 Å². The number of nitrogens with zero attached hydrogens (tertiary/aromatic N) is 9. The van der Waals surface area contributed by atoms with Crippen LogP contribution in [-0.4, -0.2) is 43.6 Å². The first-order valence-electron chi connectivity index (χ1n) is 42.3.